The number of hydrogen-bond donors (Lipinski definition) is 1. The first-order valence-corrected chi connectivity index (χ1v) is 6.41. The zero-order chi connectivity index (χ0) is 15.2. The lowest BCUT2D eigenvalue weighted by molar-refractivity contribution is -0.150. The van der Waals surface area contributed by atoms with Gasteiger partial charge in [0.1, 0.15) is 0 Å². The molecule has 0 radical (unpaired) electrons. The molecule has 0 aromatic heterocycles. The molecule has 0 aliphatic heterocycles. The first-order valence-electron chi connectivity index (χ1n) is 6.41. The minimum absolute atomic E-state index is 0.202. The molecule has 1 aromatic carbocycles. The predicted octanol–water partition coefficient (Wildman–Crippen LogP) is 2.77. The second-order valence-corrected chi connectivity index (χ2v) is 4.78. The van der Waals surface area contributed by atoms with Crippen LogP contribution in [0.3, 0.4) is 0 Å². The van der Waals surface area contributed by atoms with Gasteiger partial charge in [-0.3, -0.25) is 4.90 Å². The summed E-state index contributed by atoms with van der Waals surface area (Å²) in [6.45, 7) is 3.01. The van der Waals surface area contributed by atoms with E-state index < -0.39 is 12.7 Å². The minimum atomic E-state index is -4.21. The van der Waals surface area contributed by atoms with Crippen LogP contribution in [-0.4, -0.2) is 30.2 Å². The summed E-state index contributed by atoms with van der Waals surface area (Å²) in [6.07, 6.45) is -4.21. The van der Waals surface area contributed by atoms with E-state index in [1.807, 2.05) is 6.07 Å². The third kappa shape index (κ3) is 5.64. The number of rotatable bonds is 4. The molecule has 0 unspecified atom stereocenters. The van der Waals surface area contributed by atoms with E-state index >= 15 is 0 Å². The highest BCUT2D eigenvalue weighted by Crippen LogP contribution is 2.20. The second kappa shape index (κ2) is 7.32. The Balaban J connectivity index is 2.94. The molecule has 0 saturated carbocycles. The van der Waals surface area contributed by atoms with Crippen LogP contribution in [-0.2, 0) is 6.54 Å². The fourth-order valence-corrected chi connectivity index (χ4v) is 1.80. The van der Waals surface area contributed by atoms with E-state index in [0.29, 0.717) is 0 Å². The molecular weight excluding hydrogens is 265 g/mol. The highest BCUT2D eigenvalue weighted by Gasteiger charge is 2.31. The molecule has 0 aliphatic rings. The van der Waals surface area contributed by atoms with Gasteiger partial charge < -0.3 is 5.73 Å². The van der Waals surface area contributed by atoms with Gasteiger partial charge >= 0.3 is 6.18 Å². The molecule has 110 valence electrons. The van der Waals surface area contributed by atoms with Crippen molar-refractivity contribution in [2.45, 2.75) is 32.6 Å². The largest absolute Gasteiger partial charge is 0.401 e. The molecule has 0 aliphatic carbocycles. The van der Waals surface area contributed by atoms with Crippen molar-refractivity contribution >= 4 is 0 Å². The molecule has 0 amide bonds. The normalized spacial score (nSPS) is 11.6. The molecule has 0 fully saturated rings. The molecule has 1 aromatic rings. The topological polar surface area (TPSA) is 29.3 Å². The van der Waals surface area contributed by atoms with Gasteiger partial charge in [0.25, 0.3) is 0 Å². The van der Waals surface area contributed by atoms with Gasteiger partial charge in [0.05, 0.1) is 13.1 Å². The van der Waals surface area contributed by atoms with Gasteiger partial charge in [-0.2, -0.15) is 13.2 Å². The Bertz CT molecular complexity index is 484. The summed E-state index contributed by atoms with van der Waals surface area (Å²) in [4.78, 5) is 1.38. The maximum absolute atomic E-state index is 12.6. The number of nitrogens with zero attached hydrogens (tertiary/aromatic N) is 1. The smallest absolute Gasteiger partial charge is 0.320 e. The fraction of sp³-hybridized carbons (Fsp3) is 0.467. The lowest BCUT2D eigenvalue weighted by Crippen LogP contribution is -2.38. The third-order valence-electron chi connectivity index (χ3n) is 2.83. The summed E-state index contributed by atoms with van der Waals surface area (Å²) in [7, 11) is 0. The second-order valence-electron chi connectivity index (χ2n) is 4.78. The number of alkyl halides is 3. The Morgan fingerprint density at radius 3 is 2.45 bits per heavy atom. The van der Waals surface area contributed by atoms with E-state index in [1.54, 1.807) is 32.0 Å². The lowest BCUT2D eigenvalue weighted by atomic mass is 10.1. The van der Waals surface area contributed by atoms with Crippen LogP contribution in [0.5, 0.6) is 0 Å². The van der Waals surface area contributed by atoms with Gasteiger partial charge in [-0.25, -0.2) is 0 Å². The van der Waals surface area contributed by atoms with Crippen LogP contribution in [0, 0.1) is 11.8 Å². The average Bonchev–Trinajstić information content (AvgIpc) is 2.35. The molecule has 0 saturated heterocycles. The van der Waals surface area contributed by atoms with Gasteiger partial charge in [0.15, 0.2) is 0 Å². The van der Waals surface area contributed by atoms with Gasteiger partial charge in [-0.1, -0.05) is 30.0 Å². The van der Waals surface area contributed by atoms with Crippen LogP contribution < -0.4 is 5.73 Å². The van der Waals surface area contributed by atoms with Crippen LogP contribution in [0.4, 0.5) is 13.2 Å². The zero-order valence-corrected chi connectivity index (χ0v) is 11.7. The standard InChI is InChI=1S/C15H19F3N2/c1-12(2)20(11-15(16,17)18)10-14-7-4-3-6-13(14)8-5-9-19/h3-4,6-7,12H,9-11,19H2,1-2H3. The van der Waals surface area contributed by atoms with Crippen molar-refractivity contribution < 1.29 is 13.2 Å². The third-order valence-corrected chi connectivity index (χ3v) is 2.83. The van der Waals surface area contributed by atoms with Crippen LogP contribution in [0.25, 0.3) is 0 Å². The molecule has 0 spiro atoms. The number of hydrogen-bond acceptors (Lipinski definition) is 2. The Kier molecular flexibility index (Phi) is 6.05. The molecule has 0 heterocycles. The summed E-state index contributed by atoms with van der Waals surface area (Å²) in [6, 6.07) is 7.01. The van der Waals surface area contributed by atoms with Crippen molar-refractivity contribution in [1.29, 1.82) is 0 Å². The molecule has 0 bridgehead atoms. The van der Waals surface area contributed by atoms with Crippen LogP contribution >= 0.6 is 0 Å². The first kappa shape index (κ1) is 16.5. The first-order chi connectivity index (χ1) is 9.33. The van der Waals surface area contributed by atoms with Crippen molar-refractivity contribution in [3.63, 3.8) is 0 Å². The molecule has 2 nitrogen and oxygen atoms in total. The van der Waals surface area contributed by atoms with E-state index in [0.717, 1.165) is 11.1 Å². The SMILES string of the molecule is CC(C)N(Cc1ccccc1C#CCN)CC(F)(F)F. The van der Waals surface area contributed by atoms with Crippen LogP contribution in [0.1, 0.15) is 25.0 Å². The Morgan fingerprint density at radius 1 is 1.25 bits per heavy atom. The van der Waals surface area contributed by atoms with E-state index in [9.17, 15) is 13.2 Å². The van der Waals surface area contributed by atoms with Gasteiger partial charge in [-0.15, -0.1) is 0 Å². The average molecular weight is 284 g/mol. The van der Waals surface area contributed by atoms with E-state index in [-0.39, 0.29) is 19.1 Å². The Labute approximate surface area is 117 Å². The van der Waals surface area contributed by atoms with Gasteiger partial charge in [0.2, 0.25) is 0 Å². The lowest BCUT2D eigenvalue weighted by Gasteiger charge is -2.27. The number of nitrogens with two attached hydrogens (primary N) is 1. The van der Waals surface area contributed by atoms with Crippen molar-refractivity contribution in [1.82, 2.24) is 4.90 Å². The molecule has 5 heteroatoms. The summed E-state index contributed by atoms with van der Waals surface area (Å²) in [5.41, 5.74) is 6.84. The van der Waals surface area contributed by atoms with E-state index in [1.165, 1.54) is 4.90 Å². The quantitative estimate of drug-likeness (QED) is 0.861. The highest BCUT2D eigenvalue weighted by atomic mass is 19.4. The number of halogens is 3. The summed E-state index contributed by atoms with van der Waals surface area (Å²) >= 11 is 0. The Morgan fingerprint density at radius 2 is 1.90 bits per heavy atom. The Hall–Kier alpha value is -1.51. The molecule has 20 heavy (non-hydrogen) atoms. The maximum Gasteiger partial charge on any atom is 0.401 e. The van der Waals surface area contributed by atoms with Crippen molar-refractivity contribution in [2.75, 3.05) is 13.1 Å². The van der Waals surface area contributed by atoms with E-state index in [4.69, 9.17) is 5.73 Å². The highest BCUT2D eigenvalue weighted by molar-refractivity contribution is 5.41. The zero-order valence-electron chi connectivity index (χ0n) is 11.7. The molecule has 0 atom stereocenters. The van der Waals surface area contributed by atoms with Crippen molar-refractivity contribution in [3.05, 3.63) is 35.4 Å². The van der Waals surface area contributed by atoms with Crippen molar-refractivity contribution in [3.8, 4) is 11.8 Å². The predicted molar refractivity (Wildman–Crippen MR) is 74.0 cm³/mol. The van der Waals surface area contributed by atoms with Crippen LogP contribution in [0.2, 0.25) is 0 Å². The van der Waals surface area contributed by atoms with Crippen molar-refractivity contribution in [2.24, 2.45) is 5.73 Å². The molecule has 2 N–H and O–H groups in total. The number of benzene rings is 1. The molecular formula is C15H19F3N2. The fourth-order valence-electron chi connectivity index (χ4n) is 1.80. The summed E-state index contributed by atoms with van der Waals surface area (Å²) in [5.74, 6) is 5.63. The van der Waals surface area contributed by atoms with Gasteiger partial charge in [-0.05, 0) is 25.5 Å². The summed E-state index contributed by atoms with van der Waals surface area (Å²) < 4.78 is 37.8. The van der Waals surface area contributed by atoms with Gasteiger partial charge in [0, 0.05) is 18.2 Å². The minimum Gasteiger partial charge on any atom is -0.320 e. The monoisotopic (exact) mass is 284 g/mol. The van der Waals surface area contributed by atoms with E-state index in [2.05, 4.69) is 11.8 Å². The van der Waals surface area contributed by atoms with Crippen LogP contribution in [0.15, 0.2) is 24.3 Å². The summed E-state index contributed by atoms with van der Waals surface area (Å²) in [5, 5.41) is 0. The maximum atomic E-state index is 12.6. The molecule has 1 rings (SSSR count).